The molecule has 4 heteroatoms. The molecule has 0 amide bonds. The largest absolute Gasteiger partial charge is 0.423 e. The van der Waals surface area contributed by atoms with E-state index in [0.717, 1.165) is 16.9 Å². The van der Waals surface area contributed by atoms with Gasteiger partial charge in [-0.15, -0.1) is 0 Å². The van der Waals surface area contributed by atoms with Crippen molar-refractivity contribution >= 4 is 16.9 Å². The number of anilines is 1. The Morgan fingerprint density at radius 1 is 1.31 bits per heavy atom. The summed E-state index contributed by atoms with van der Waals surface area (Å²) >= 11 is 0. The number of rotatable bonds is 1. The molecule has 2 aromatic rings. The molecule has 0 aliphatic heterocycles. The van der Waals surface area contributed by atoms with Gasteiger partial charge in [0, 0.05) is 12.8 Å². The van der Waals surface area contributed by atoms with Crippen molar-refractivity contribution in [1.29, 1.82) is 0 Å². The molecule has 1 aliphatic carbocycles. The van der Waals surface area contributed by atoms with E-state index in [1.54, 1.807) is 0 Å². The average molecular weight is 217 g/mol. The molecule has 0 spiro atoms. The molecule has 0 bridgehead atoms. The summed E-state index contributed by atoms with van der Waals surface area (Å²) in [6, 6.07) is 1.88. The monoisotopic (exact) mass is 217 g/mol. The van der Waals surface area contributed by atoms with Crippen molar-refractivity contribution in [3.05, 3.63) is 17.7 Å². The van der Waals surface area contributed by atoms with E-state index in [2.05, 4.69) is 9.97 Å². The molecule has 1 fully saturated rings. The van der Waals surface area contributed by atoms with Gasteiger partial charge in [-0.2, -0.15) is 0 Å². The van der Waals surface area contributed by atoms with E-state index in [1.165, 1.54) is 25.7 Å². The molecule has 4 nitrogen and oxygen atoms in total. The molecule has 0 aromatic carbocycles. The lowest BCUT2D eigenvalue weighted by Crippen LogP contribution is -2.02. The van der Waals surface area contributed by atoms with Gasteiger partial charge in [-0.25, -0.2) is 9.97 Å². The number of hydrogen-bond donors (Lipinski definition) is 1. The van der Waals surface area contributed by atoms with Gasteiger partial charge in [-0.1, -0.05) is 12.8 Å². The van der Waals surface area contributed by atoms with Crippen LogP contribution in [0.1, 0.15) is 43.2 Å². The minimum Gasteiger partial charge on any atom is -0.423 e. The van der Waals surface area contributed by atoms with Crippen molar-refractivity contribution in [2.24, 2.45) is 0 Å². The molecular formula is C12H15N3O. The number of aryl methyl sites for hydroxylation is 1. The molecule has 3 rings (SSSR count). The second kappa shape index (κ2) is 3.47. The fourth-order valence-electron chi connectivity index (χ4n) is 2.53. The number of hydrogen-bond acceptors (Lipinski definition) is 4. The van der Waals surface area contributed by atoms with E-state index in [-0.39, 0.29) is 0 Å². The summed E-state index contributed by atoms with van der Waals surface area (Å²) in [5.74, 6) is 1.15. The standard InChI is InChI=1S/C12H15N3O/c1-7-14-10-6-9(13)11(15-12(10)16-7)8-4-2-3-5-8/h6,8H,2-5,13H2,1H3. The van der Waals surface area contributed by atoms with E-state index >= 15 is 0 Å². The number of oxazole rings is 1. The Labute approximate surface area is 93.9 Å². The van der Waals surface area contributed by atoms with Crippen LogP contribution in [-0.2, 0) is 0 Å². The lowest BCUT2D eigenvalue weighted by Gasteiger charge is -2.10. The summed E-state index contributed by atoms with van der Waals surface area (Å²) in [4.78, 5) is 8.76. The maximum Gasteiger partial charge on any atom is 0.247 e. The number of nitrogens with zero attached hydrogens (tertiary/aromatic N) is 2. The second-order valence-electron chi connectivity index (χ2n) is 4.50. The lowest BCUT2D eigenvalue weighted by atomic mass is 10.0. The van der Waals surface area contributed by atoms with Gasteiger partial charge in [-0.05, 0) is 18.9 Å². The number of aromatic nitrogens is 2. The maximum atomic E-state index is 6.03. The van der Waals surface area contributed by atoms with Crippen molar-refractivity contribution in [3.63, 3.8) is 0 Å². The summed E-state index contributed by atoms with van der Waals surface area (Å²) in [7, 11) is 0. The zero-order valence-corrected chi connectivity index (χ0v) is 9.36. The van der Waals surface area contributed by atoms with Crippen molar-refractivity contribution in [2.45, 2.75) is 38.5 Å². The number of fused-ring (bicyclic) bond motifs is 1. The molecule has 2 heterocycles. The van der Waals surface area contributed by atoms with E-state index in [1.807, 2.05) is 13.0 Å². The van der Waals surface area contributed by atoms with Gasteiger partial charge in [0.1, 0.15) is 5.52 Å². The summed E-state index contributed by atoms with van der Waals surface area (Å²) in [6.07, 6.45) is 4.93. The third kappa shape index (κ3) is 1.45. The number of nitrogen functional groups attached to an aromatic ring is 1. The quantitative estimate of drug-likeness (QED) is 0.797. The van der Waals surface area contributed by atoms with Crippen LogP contribution in [0.5, 0.6) is 0 Å². The van der Waals surface area contributed by atoms with Gasteiger partial charge in [0.05, 0.1) is 11.4 Å². The second-order valence-corrected chi connectivity index (χ2v) is 4.50. The van der Waals surface area contributed by atoms with Crippen LogP contribution in [0.25, 0.3) is 11.2 Å². The Kier molecular flexibility index (Phi) is 2.09. The minimum atomic E-state index is 0.509. The molecule has 1 aliphatic rings. The van der Waals surface area contributed by atoms with Crippen LogP contribution in [0.3, 0.4) is 0 Å². The number of pyridine rings is 1. The summed E-state index contributed by atoms with van der Waals surface area (Å²) in [5, 5.41) is 0. The van der Waals surface area contributed by atoms with Gasteiger partial charge in [0.25, 0.3) is 0 Å². The van der Waals surface area contributed by atoms with Crippen LogP contribution in [-0.4, -0.2) is 9.97 Å². The van der Waals surface area contributed by atoms with Crippen molar-refractivity contribution in [3.8, 4) is 0 Å². The molecule has 0 atom stereocenters. The zero-order valence-electron chi connectivity index (χ0n) is 9.36. The van der Waals surface area contributed by atoms with Crippen LogP contribution in [0.2, 0.25) is 0 Å². The molecule has 0 radical (unpaired) electrons. The molecule has 2 N–H and O–H groups in total. The summed E-state index contributed by atoms with van der Waals surface area (Å²) < 4.78 is 5.45. The molecular weight excluding hydrogens is 202 g/mol. The van der Waals surface area contributed by atoms with E-state index in [9.17, 15) is 0 Å². The van der Waals surface area contributed by atoms with Gasteiger partial charge in [0.15, 0.2) is 5.89 Å². The Hall–Kier alpha value is -1.58. The topological polar surface area (TPSA) is 64.9 Å². The van der Waals surface area contributed by atoms with E-state index < -0.39 is 0 Å². The van der Waals surface area contributed by atoms with Gasteiger partial charge < -0.3 is 10.2 Å². The van der Waals surface area contributed by atoms with Crippen LogP contribution in [0.15, 0.2) is 10.5 Å². The fourth-order valence-corrected chi connectivity index (χ4v) is 2.53. The van der Waals surface area contributed by atoms with Gasteiger partial charge >= 0.3 is 0 Å². The first-order chi connectivity index (χ1) is 7.74. The molecule has 1 saturated carbocycles. The highest BCUT2D eigenvalue weighted by molar-refractivity contribution is 5.73. The highest BCUT2D eigenvalue weighted by Crippen LogP contribution is 2.36. The lowest BCUT2D eigenvalue weighted by molar-refractivity contribution is 0.547. The third-order valence-electron chi connectivity index (χ3n) is 3.29. The van der Waals surface area contributed by atoms with Crippen LogP contribution >= 0.6 is 0 Å². The van der Waals surface area contributed by atoms with Crippen LogP contribution in [0, 0.1) is 6.92 Å². The Bertz CT molecular complexity index is 526. The first-order valence-corrected chi connectivity index (χ1v) is 5.77. The Morgan fingerprint density at radius 3 is 2.81 bits per heavy atom. The first-order valence-electron chi connectivity index (χ1n) is 5.77. The molecule has 0 saturated heterocycles. The van der Waals surface area contributed by atoms with Crippen molar-refractivity contribution in [1.82, 2.24) is 9.97 Å². The molecule has 0 unspecified atom stereocenters. The van der Waals surface area contributed by atoms with Crippen molar-refractivity contribution < 1.29 is 4.42 Å². The highest BCUT2D eigenvalue weighted by atomic mass is 16.4. The van der Waals surface area contributed by atoms with E-state index in [4.69, 9.17) is 10.2 Å². The molecule has 2 aromatic heterocycles. The van der Waals surface area contributed by atoms with Gasteiger partial charge in [0.2, 0.25) is 5.71 Å². The zero-order chi connectivity index (χ0) is 11.1. The maximum absolute atomic E-state index is 6.03. The summed E-state index contributed by atoms with van der Waals surface area (Å²) in [6.45, 7) is 1.83. The Balaban J connectivity index is 2.12. The predicted molar refractivity (Wildman–Crippen MR) is 62.2 cm³/mol. The van der Waals surface area contributed by atoms with Crippen molar-refractivity contribution in [2.75, 3.05) is 5.73 Å². The third-order valence-corrected chi connectivity index (χ3v) is 3.29. The van der Waals surface area contributed by atoms with E-state index in [0.29, 0.717) is 17.5 Å². The minimum absolute atomic E-state index is 0.509. The number of nitrogens with two attached hydrogens (primary N) is 1. The first kappa shape index (κ1) is 9.63. The Morgan fingerprint density at radius 2 is 2.06 bits per heavy atom. The summed E-state index contributed by atoms with van der Waals surface area (Å²) in [5.41, 5.74) is 9.17. The average Bonchev–Trinajstić information content (AvgIpc) is 2.83. The SMILES string of the molecule is Cc1nc2cc(N)c(C3CCCC3)nc2o1. The fraction of sp³-hybridized carbons (Fsp3) is 0.500. The predicted octanol–water partition coefficient (Wildman–Crippen LogP) is 2.77. The van der Waals surface area contributed by atoms with Gasteiger partial charge in [-0.3, -0.25) is 0 Å². The normalized spacial score (nSPS) is 17.3. The highest BCUT2D eigenvalue weighted by Gasteiger charge is 2.22. The molecule has 16 heavy (non-hydrogen) atoms. The smallest absolute Gasteiger partial charge is 0.247 e. The van der Waals surface area contributed by atoms with Crippen LogP contribution in [0.4, 0.5) is 5.69 Å². The van der Waals surface area contributed by atoms with Crippen LogP contribution < -0.4 is 5.73 Å². The molecule has 84 valence electrons.